The van der Waals surface area contributed by atoms with E-state index in [-0.39, 0.29) is 5.91 Å². The molecule has 0 aliphatic rings. The van der Waals surface area contributed by atoms with Crippen LogP contribution in [0.15, 0.2) is 18.2 Å². The summed E-state index contributed by atoms with van der Waals surface area (Å²) in [5.74, 6) is 0.315. The molecule has 0 aliphatic carbocycles. The van der Waals surface area contributed by atoms with E-state index in [2.05, 4.69) is 24.1 Å². The number of rotatable bonds is 5. The SMILES string of the molecule is Cc1cccc(CNC(=O)C(N)CC(C)C)n1. The molecule has 0 radical (unpaired) electrons. The van der Waals surface area contributed by atoms with Crippen molar-refractivity contribution in [1.82, 2.24) is 10.3 Å². The molecule has 94 valence electrons. The molecule has 1 rings (SSSR count). The maximum Gasteiger partial charge on any atom is 0.237 e. The van der Waals surface area contributed by atoms with Gasteiger partial charge in [-0.15, -0.1) is 0 Å². The van der Waals surface area contributed by atoms with Crippen molar-refractivity contribution in [1.29, 1.82) is 0 Å². The Balaban J connectivity index is 2.43. The summed E-state index contributed by atoms with van der Waals surface area (Å²) in [6, 6.07) is 5.31. The van der Waals surface area contributed by atoms with E-state index < -0.39 is 6.04 Å². The van der Waals surface area contributed by atoms with E-state index in [1.54, 1.807) is 0 Å². The van der Waals surface area contributed by atoms with Gasteiger partial charge in [0.05, 0.1) is 18.3 Å². The molecule has 1 amide bonds. The van der Waals surface area contributed by atoms with E-state index in [4.69, 9.17) is 5.73 Å². The first-order valence-electron chi connectivity index (χ1n) is 5.95. The van der Waals surface area contributed by atoms with E-state index in [9.17, 15) is 4.79 Å². The van der Waals surface area contributed by atoms with Gasteiger partial charge < -0.3 is 11.1 Å². The molecule has 0 aromatic carbocycles. The van der Waals surface area contributed by atoms with E-state index in [1.165, 1.54) is 0 Å². The molecule has 1 aromatic rings. The molecular formula is C13H21N3O. The van der Waals surface area contributed by atoms with Gasteiger partial charge in [0.2, 0.25) is 5.91 Å². The lowest BCUT2D eigenvalue weighted by molar-refractivity contribution is -0.122. The molecule has 1 atom stereocenters. The van der Waals surface area contributed by atoms with Crippen LogP contribution in [0, 0.1) is 12.8 Å². The number of aromatic nitrogens is 1. The van der Waals surface area contributed by atoms with Gasteiger partial charge in [-0.3, -0.25) is 9.78 Å². The summed E-state index contributed by atoms with van der Waals surface area (Å²) in [5.41, 5.74) is 7.58. The Morgan fingerprint density at radius 1 is 1.47 bits per heavy atom. The topological polar surface area (TPSA) is 68.0 Å². The first-order chi connectivity index (χ1) is 7.99. The van der Waals surface area contributed by atoms with E-state index >= 15 is 0 Å². The molecule has 0 bridgehead atoms. The maximum atomic E-state index is 11.7. The van der Waals surface area contributed by atoms with Crippen molar-refractivity contribution < 1.29 is 4.79 Å². The molecule has 0 saturated heterocycles. The lowest BCUT2D eigenvalue weighted by atomic mass is 10.0. The summed E-state index contributed by atoms with van der Waals surface area (Å²) in [7, 11) is 0. The van der Waals surface area contributed by atoms with Crippen molar-refractivity contribution in [2.75, 3.05) is 0 Å². The van der Waals surface area contributed by atoms with Crippen LogP contribution in [0.25, 0.3) is 0 Å². The third kappa shape index (κ3) is 4.95. The van der Waals surface area contributed by atoms with Crippen LogP contribution < -0.4 is 11.1 Å². The fourth-order valence-corrected chi connectivity index (χ4v) is 1.62. The minimum absolute atomic E-state index is 0.109. The number of hydrogen-bond acceptors (Lipinski definition) is 3. The van der Waals surface area contributed by atoms with Crippen molar-refractivity contribution in [2.24, 2.45) is 11.7 Å². The molecule has 4 heteroatoms. The molecular weight excluding hydrogens is 214 g/mol. The molecule has 0 saturated carbocycles. The molecule has 0 spiro atoms. The zero-order valence-electron chi connectivity index (χ0n) is 10.7. The number of nitrogens with zero attached hydrogens (tertiary/aromatic N) is 1. The van der Waals surface area contributed by atoms with Gasteiger partial charge in [0.25, 0.3) is 0 Å². The van der Waals surface area contributed by atoms with Gasteiger partial charge in [0.1, 0.15) is 0 Å². The Kier molecular flexibility index (Phi) is 5.10. The van der Waals surface area contributed by atoms with Crippen LogP contribution in [-0.2, 0) is 11.3 Å². The van der Waals surface area contributed by atoms with Gasteiger partial charge in [-0.05, 0) is 31.4 Å². The van der Waals surface area contributed by atoms with Crippen LogP contribution in [-0.4, -0.2) is 16.9 Å². The lowest BCUT2D eigenvalue weighted by Gasteiger charge is -2.13. The highest BCUT2D eigenvalue weighted by Crippen LogP contribution is 2.03. The number of pyridine rings is 1. The van der Waals surface area contributed by atoms with Gasteiger partial charge in [0, 0.05) is 5.69 Å². The Hall–Kier alpha value is -1.42. The van der Waals surface area contributed by atoms with Crippen LogP contribution >= 0.6 is 0 Å². The highest BCUT2D eigenvalue weighted by atomic mass is 16.2. The summed E-state index contributed by atoms with van der Waals surface area (Å²) in [4.78, 5) is 16.0. The van der Waals surface area contributed by atoms with Crippen LogP contribution in [0.5, 0.6) is 0 Å². The maximum absolute atomic E-state index is 11.7. The van der Waals surface area contributed by atoms with Crippen LogP contribution in [0.4, 0.5) is 0 Å². The third-order valence-corrected chi connectivity index (χ3v) is 2.45. The summed E-state index contributed by atoms with van der Waals surface area (Å²) >= 11 is 0. The number of nitrogens with one attached hydrogen (secondary N) is 1. The smallest absolute Gasteiger partial charge is 0.237 e. The number of hydrogen-bond donors (Lipinski definition) is 2. The van der Waals surface area contributed by atoms with Crippen molar-refractivity contribution in [3.8, 4) is 0 Å². The first kappa shape index (κ1) is 13.6. The molecule has 1 heterocycles. The number of carbonyl (C=O) groups is 1. The summed E-state index contributed by atoms with van der Waals surface area (Å²) in [5, 5.41) is 2.80. The molecule has 0 fully saturated rings. The zero-order valence-corrected chi connectivity index (χ0v) is 10.7. The average molecular weight is 235 g/mol. The average Bonchev–Trinajstić information content (AvgIpc) is 2.25. The molecule has 1 aromatic heterocycles. The second-order valence-electron chi connectivity index (χ2n) is 4.72. The van der Waals surface area contributed by atoms with Crippen molar-refractivity contribution in [2.45, 2.75) is 39.8 Å². The summed E-state index contributed by atoms with van der Waals surface area (Å²) < 4.78 is 0. The van der Waals surface area contributed by atoms with Gasteiger partial charge in [0.15, 0.2) is 0 Å². The number of aryl methyl sites for hydroxylation is 1. The van der Waals surface area contributed by atoms with Gasteiger partial charge in [-0.1, -0.05) is 19.9 Å². The Morgan fingerprint density at radius 3 is 2.76 bits per heavy atom. The normalized spacial score (nSPS) is 12.5. The van der Waals surface area contributed by atoms with Crippen molar-refractivity contribution in [3.05, 3.63) is 29.6 Å². The zero-order chi connectivity index (χ0) is 12.8. The van der Waals surface area contributed by atoms with Crippen LogP contribution in [0.3, 0.4) is 0 Å². The van der Waals surface area contributed by atoms with Crippen molar-refractivity contribution >= 4 is 5.91 Å². The summed E-state index contributed by atoms with van der Waals surface area (Å²) in [6.07, 6.45) is 0.701. The Labute approximate surface area is 103 Å². The fraction of sp³-hybridized carbons (Fsp3) is 0.538. The largest absolute Gasteiger partial charge is 0.349 e. The standard InChI is InChI=1S/C13H21N3O/c1-9(2)7-12(14)13(17)15-8-11-6-4-5-10(3)16-11/h4-6,9,12H,7-8,14H2,1-3H3,(H,15,17). The van der Waals surface area contributed by atoms with Gasteiger partial charge in [-0.25, -0.2) is 0 Å². The number of carbonyl (C=O) groups excluding carboxylic acids is 1. The lowest BCUT2D eigenvalue weighted by Crippen LogP contribution is -2.41. The van der Waals surface area contributed by atoms with E-state index in [0.29, 0.717) is 18.9 Å². The third-order valence-electron chi connectivity index (χ3n) is 2.45. The molecule has 0 aliphatic heterocycles. The second kappa shape index (κ2) is 6.35. The van der Waals surface area contributed by atoms with Crippen molar-refractivity contribution in [3.63, 3.8) is 0 Å². The molecule has 3 N–H and O–H groups in total. The Bertz CT molecular complexity index is 377. The minimum atomic E-state index is -0.431. The van der Waals surface area contributed by atoms with Gasteiger partial charge >= 0.3 is 0 Å². The molecule has 4 nitrogen and oxygen atoms in total. The van der Waals surface area contributed by atoms with E-state index in [1.807, 2.05) is 25.1 Å². The summed E-state index contributed by atoms with van der Waals surface area (Å²) in [6.45, 7) is 6.46. The number of amides is 1. The molecule has 17 heavy (non-hydrogen) atoms. The predicted molar refractivity (Wildman–Crippen MR) is 68.3 cm³/mol. The second-order valence-corrected chi connectivity index (χ2v) is 4.72. The van der Waals surface area contributed by atoms with Gasteiger partial charge in [-0.2, -0.15) is 0 Å². The highest BCUT2D eigenvalue weighted by molar-refractivity contribution is 5.81. The number of nitrogens with two attached hydrogens (primary N) is 1. The monoisotopic (exact) mass is 235 g/mol. The highest BCUT2D eigenvalue weighted by Gasteiger charge is 2.14. The van der Waals surface area contributed by atoms with E-state index in [0.717, 1.165) is 11.4 Å². The fourth-order valence-electron chi connectivity index (χ4n) is 1.62. The molecule has 1 unspecified atom stereocenters. The predicted octanol–water partition coefficient (Wildman–Crippen LogP) is 1.38. The first-order valence-corrected chi connectivity index (χ1v) is 5.95. The minimum Gasteiger partial charge on any atom is -0.349 e. The Morgan fingerprint density at radius 2 is 2.18 bits per heavy atom. The quantitative estimate of drug-likeness (QED) is 0.810. The van der Waals surface area contributed by atoms with Crippen LogP contribution in [0.1, 0.15) is 31.7 Å². The van der Waals surface area contributed by atoms with Crippen LogP contribution in [0.2, 0.25) is 0 Å².